The van der Waals surface area contributed by atoms with Gasteiger partial charge in [0.05, 0.1) is 5.33 Å². The molecule has 0 spiro atoms. The van der Waals surface area contributed by atoms with Crippen molar-refractivity contribution >= 4 is 33.7 Å². The summed E-state index contributed by atoms with van der Waals surface area (Å²) in [5.74, 6) is -0.392. The second kappa shape index (κ2) is 5.10. The Morgan fingerprint density at radius 1 is 1.80 bits per heavy atom. The highest BCUT2D eigenvalue weighted by Crippen LogP contribution is 1.85. The van der Waals surface area contributed by atoms with Crippen LogP contribution in [0.15, 0.2) is 5.16 Å². The van der Waals surface area contributed by atoms with Gasteiger partial charge in [0.25, 0.3) is 0 Å². The molecule has 0 aromatic heterocycles. The van der Waals surface area contributed by atoms with Gasteiger partial charge in [-0.05, 0) is 0 Å². The Labute approximate surface area is 66.4 Å². The second-order valence-electron chi connectivity index (χ2n) is 1.33. The summed E-state index contributed by atoms with van der Waals surface area (Å²) in [6, 6.07) is 0. The van der Waals surface area contributed by atoms with Crippen molar-refractivity contribution < 1.29 is 14.4 Å². The zero-order chi connectivity index (χ0) is 7.98. The Morgan fingerprint density at radius 2 is 2.40 bits per heavy atom. The number of halogens is 1. The van der Waals surface area contributed by atoms with Crippen LogP contribution in [0.4, 0.5) is 0 Å². The molecule has 0 aliphatic heterocycles. The van der Waals surface area contributed by atoms with Gasteiger partial charge in [0.2, 0.25) is 0 Å². The summed E-state index contributed by atoms with van der Waals surface area (Å²) < 4.78 is 0. The number of nitrogens with zero attached hydrogens (tertiary/aromatic N) is 1. The highest BCUT2D eigenvalue weighted by molar-refractivity contribution is 9.09. The number of rotatable bonds is 4. The maximum absolute atomic E-state index is 10.6. The Morgan fingerprint density at radius 3 is 2.70 bits per heavy atom. The van der Waals surface area contributed by atoms with Crippen molar-refractivity contribution in [2.45, 2.75) is 0 Å². The molecule has 0 aliphatic rings. The Balaban J connectivity index is 4.20. The molecule has 0 aromatic rings. The van der Waals surface area contributed by atoms with Gasteiger partial charge in [-0.2, -0.15) is 0 Å². The van der Waals surface area contributed by atoms with E-state index in [1.54, 1.807) is 0 Å². The van der Waals surface area contributed by atoms with Gasteiger partial charge in [0.15, 0.2) is 17.8 Å². The van der Waals surface area contributed by atoms with Crippen LogP contribution in [0.25, 0.3) is 0 Å². The summed E-state index contributed by atoms with van der Waals surface area (Å²) >= 11 is 2.88. The fourth-order valence-electron chi connectivity index (χ4n) is 0.305. The van der Waals surface area contributed by atoms with Gasteiger partial charge in [-0.25, -0.2) is 0 Å². The largest absolute Gasteiger partial charge is 0.398 e. The molecule has 56 valence electrons. The molecule has 0 fully saturated rings. The maximum atomic E-state index is 10.6. The smallest absolute Gasteiger partial charge is 0.198 e. The minimum atomic E-state index is -0.392. The minimum absolute atomic E-state index is 0.0773. The predicted molar refractivity (Wildman–Crippen MR) is 39.3 cm³/mol. The number of carbonyl (C=O) groups excluding carboxylic acids is 2. The third-order valence-corrected chi connectivity index (χ3v) is 1.22. The van der Waals surface area contributed by atoms with Gasteiger partial charge in [-0.15, -0.1) is 0 Å². The highest BCUT2D eigenvalue weighted by Gasteiger charge is 2.08. The number of ketones is 1. The molecule has 0 rings (SSSR count). The van der Waals surface area contributed by atoms with Gasteiger partial charge in [0.1, 0.15) is 7.11 Å². The summed E-state index contributed by atoms with van der Waals surface area (Å²) in [5.41, 5.74) is -0.209. The van der Waals surface area contributed by atoms with Crippen molar-refractivity contribution in [1.82, 2.24) is 0 Å². The molecule has 0 bridgehead atoms. The summed E-state index contributed by atoms with van der Waals surface area (Å²) in [4.78, 5) is 24.9. The van der Waals surface area contributed by atoms with Crippen LogP contribution >= 0.6 is 15.9 Å². The number of hydrogen-bond acceptors (Lipinski definition) is 4. The van der Waals surface area contributed by atoms with Crippen LogP contribution in [-0.2, 0) is 14.4 Å². The average molecular weight is 208 g/mol. The number of oxime groups is 1. The van der Waals surface area contributed by atoms with Gasteiger partial charge in [-0.1, -0.05) is 21.1 Å². The van der Waals surface area contributed by atoms with E-state index in [-0.39, 0.29) is 11.0 Å². The predicted octanol–water partition coefficient (Wildman–Crippen LogP) is 0.152. The van der Waals surface area contributed by atoms with Crippen molar-refractivity contribution in [1.29, 1.82) is 0 Å². The topological polar surface area (TPSA) is 55.7 Å². The molecule has 0 saturated carbocycles. The van der Waals surface area contributed by atoms with Crippen molar-refractivity contribution in [2.75, 3.05) is 12.4 Å². The molecule has 10 heavy (non-hydrogen) atoms. The van der Waals surface area contributed by atoms with E-state index in [9.17, 15) is 9.59 Å². The first-order valence-electron chi connectivity index (χ1n) is 2.41. The third kappa shape index (κ3) is 2.72. The molecule has 0 saturated heterocycles. The Kier molecular flexibility index (Phi) is 4.74. The molecule has 0 aromatic carbocycles. The Hall–Kier alpha value is -0.710. The zero-order valence-corrected chi connectivity index (χ0v) is 6.92. The maximum Gasteiger partial charge on any atom is 0.198 e. The van der Waals surface area contributed by atoms with Gasteiger partial charge >= 0.3 is 0 Å². The number of aldehydes is 1. The van der Waals surface area contributed by atoms with Crippen LogP contribution in [-0.4, -0.2) is 30.2 Å². The molecular formula is C5H6BrNO3. The van der Waals surface area contributed by atoms with E-state index < -0.39 is 5.78 Å². The summed E-state index contributed by atoms with van der Waals surface area (Å²) in [5, 5.41) is 3.26. The fraction of sp³-hybridized carbons (Fsp3) is 0.400. The van der Waals surface area contributed by atoms with E-state index in [0.717, 1.165) is 0 Å². The van der Waals surface area contributed by atoms with Crippen molar-refractivity contribution in [2.24, 2.45) is 5.16 Å². The van der Waals surface area contributed by atoms with E-state index in [4.69, 9.17) is 0 Å². The van der Waals surface area contributed by atoms with E-state index in [1.807, 2.05) is 0 Å². The lowest BCUT2D eigenvalue weighted by atomic mass is 10.3. The molecule has 5 heteroatoms. The molecule has 0 radical (unpaired) electrons. The van der Waals surface area contributed by atoms with Crippen LogP contribution in [0.2, 0.25) is 0 Å². The van der Waals surface area contributed by atoms with Crippen molar-refractivity contribution in [3.05, 3.63) is 0 Å². The number of Topliss-reactive ketones (excluding diaryl/α,β-unsaturated/α-hetero) is 1. The van der Waals surface area contributed by atoms with Crippen LogP contribution in [0.5, 0.6) is 0 Å². The van der Waals surface area contributed by atoms with E-state index >= 15 is 0 Å². The van der Waals surface area contributed by atoms with E-state index in [0.29, 0.717) is 6.29 Å². The fourth-order valence-corrected chi connectivity index (χ4v) is 0.592. The first-order chi connectivity index (χ1) is 4.76. The summed E-state index contributed by atoms with van der Waals surface area (Å²) in [6.07, 6.45) is 0.354. The minimum Gasteiger partial charge on any atom is -0.398 e. The molecule has 0 heterocycles. The van der Waals surface area contributed by atoms with Gasteiger partial charge in [-0.3, -0.25) is 9.59 Å². The molecule has 0 atom stereocenters. The van der Waals surface area contributed by atoms with Crippen molar-refractivity contribution in [3.8, 4) is 0 Å². The Bertz CT molecular complexity index is 166. The van der Waals surface area contributed by atoms with Crippen LogP contribution < -0.4 is 0 Å². The van der Waals surface area contributed by atoms with Gasteiger partial charge in [0, 0.05) is 0 Å². The number of hydrogen-bond donors (Lipinski definition) is 0. The molecule has 4 nitrogen and oxygen atoms in total. The van der Waals surface area contributed by atoms with Crippen LogP contribution in [0.3, 0.4) is 0 Å². The molecule has 0 aliphatic carbocycles. The lowest BCUT2D eigenvalue weighted by Crippen LogP contribution is -2.16. The first kappa shape index (κ1) is 9.29. The van der Waals surface area contributed by atoms with Crippen LogP contribution in [0.1, 0.15) is 0 Å². The summed E-state index contributed by atoms with van der Waals surface area (Å²) in [7, 11) is 1.27. The zero-order valence-electron chi connectivity index (χ0n) is 5.33. The van der Waals surface area contributed by atoms with E-state index in [2.05, 4.69) is 25.9 Å². The lowest BCUT2D eigenvalue weighted by Gasteiger charge is -1.90. The monoisotopic (exact) mass is 207 g/mol. The van der Waals surface area contributed by atoms with Crippen molar-refractivity contribution in [3.63, 3.8) is 0 Å². The average Bonchev–Trinajstić information content (AvgIpc) is 1.99. The standard InChI is InChI=1S/C5H6BrNO3/c1-10-7-4(3-8)5(9)2-6/h3H,2H2,1H3. The highest BCUT2D eigenvalue weighted by atomic mass is 79.9. The normalized spacial score (nSPS) is 10.8. The first-order valence-corrected chi connectivity index (χ1v) is 3.54. The number of carbonyl (C=O) groups is 2. The van der Waals surface area contributed by atoms with Crippen LogP contribution in [0, 0.1) is 0 Å². The van der Waals surface area contributed by atoms with E-state index in [1.165, 1.54) is 7.11 Å². The SMILES string of the molecule is CON=C(C=O)C(=O)CBr. The second-order valence-corrected chi connectivity index (χ2v) is 1.89. The summed E-state index contributed by atoms with van der Waals surface area (Å²) in [6.45, 7) is 0. The number of alkyl halides is 1. The van der Waals surface area contributed by atoms with Gasteiger partial charge < -0.3 is 4.84 Å². The lowest BCUT2D eigenvalue weighted by molar-refractivity contribution is -0.112. The molecule has 0 N–H and O–H groups in total. The molecule has 0 unspecified atom stereocenters. The quantitative estimate of drug-likeness (QED) is 0.217. The molecule has 0 amide bonds. The molecular weight excluding hydrogens is 202 g/mol. The third-order valence-electron chi connectivity index (χ3n) is 0.708.